The zero-order valence-electron chi connectivity index (χ0n) is 11.4. The number of nitrogens with one attached hydrogen (secondary N) is 1. The Bertz CT molecular complexity index is 419. The molecular weight excluding hydrogens is 258 g/mol. The molecule has 0 spiro atoms. The largest absolute Gasteiger partial charge is 0.409 e. The molecule has 2 atom stereocenters. The molecule has 1 heterocycles. The number of hydrogen-bond acceptors (Lipinski definition) is 5. The first-order valence-electron chi connectivity index (χ1n) is 6.73. The van der Waals surface area contributed by atoms with Gasteiger partial charge in [0.2, 0.25) is 0 Å². The molecule has 0 radical (unpaired) electrons. The molecule has 4 N–H and O–H groups in total. The summed E-state index contributed by atoms with van der Waals surface area (Å²) in [7, 11) is 0. The second-order valence-corrected chi connectivity index (χ2v) is 4.71. The highest BCUT2D eigenvalue weighted by Gasteiger charge is 2.18. The van der Waals surface area contributed by atoms with E-state index >= 15 is 0 Å². The number of benzene rings is 1. The molecule has 0 bridgehead atoms. The van der Waals surface area contributed by atoms with Crippen molar-refractivity contribution < 1.29 is 14.7 Å². The lowest BCUT2D eigenvalue weighted by molar-refractivity contribution is -0.0863. The predicted molar refractivity (Wildman–Crippen MR) is 76.0 cm³/mol. The highest BCUT2D eigenvalue weighted by atomic mass is 16.6. The number of nitrogens with two attached hydrogens (primary N) is 1. The number of ether oxygens (including phenoxy) is 2. The van der Waals surface area contributed by atoms with E-state index in [1.807, 2.05) is 30.3 Å². The van der Waals surface area contributed by atoms with E-state index < -0.39 is 0 Å². The Kier molecular flexibility index (Phi) is 5.79. The van der Waals surface area contributed by atoms with Crippen molar-refractivity contribution in [2.45, 2.75) is 12.0 Å². The molecule has 1 aliphatic rings. The molecule has 0 saturated carbocycles. The molecule has 0 amide bonds. The van der Waals surface area contributed by atoms with Gasteiger partial charge in [-0.15, -0.1) is 0 Å². The first-order chi connectivity index (χ1) is 9.81. The van der Waals surface area contributed by atoms with E-state index in [2.05, 4.69) is 10.5 Å². The maximum absolute atomic E-state index is 8.91. The highest BCUT2D eigenvalue weighted by Crippen LogP contribution is 2.14. The summed E-state index contributed by atoms with van der Waals surface area (Å²) in [6.07, 6.45) is 0.0625. The summed E-state index contributed by atoms with van der Waals surface area (Å²) >= 11 is 0. The fourth-order valence-electron chi connectivity index (χ4n) is 2.19. The van der Waals surface area contributed by atoms with Crippen molar-refractivity contribution in [3.8, 4) is 0 Å². The van der Waals surface area contributed by atoms with Gasteiger partial charge in [0.1, 0.15) is 5.84 Å². The standard InChI is InChI=1S/C14H21N3O3/c15-14(17-18)13(11-4-2-1-3-5-11)9-16-8-12-10-19-6-7-20-12/h1-5,12-13,16,18H,6-10H2,(H2,15,17). The van der Waals surface area contributed by atoms with Crippen LogP contribution in [-0.2, 0) is 9.47 Å². The molecule has 1 fully saturated rings. The second-order valence-electron chi connectivity index (χ2n) is 4.71. The van der Waals surface area contributed by atoms with Gasteiger partial charge in [0.25, 0.3) is 0 Å². The Hall–Kier alpha value is -1.63. The van der Waals surface area contributed by atoms with Gasteiger partial charge < -0.3 is 25.7 Å². The fraction of sp³-hybridized carbons (Fsp3) is 0.500. The van der Waals surface area contributed by atoms with Crippen LogP contribution in [0, 0.1) is 0 Å². The third-order valence-corrected chi connectivity index (χ3v) is 3.28. The number of rotatable bonds is 6. The molecular formula is C14H21N3O3. The first-order valence-corrected chi connectivity index (χ1v) is 6.73. The Morgan fingerprint density at radius 1 is 1.40 bits per heavy atom. The minimum Gasteiger partial charge on any atom is -0.409 e. The van der Waals surface area contributed by atoms with Crippen LogP contribution in [0.3, 0.4) is 0 Å². The molecule has 110 valence electrons. The summed E-state index contributed by atoms with van der Waals surface area (Å²) in [6, 6.07) is 9.73. The SMILES string of the molecule is NC(=NO)C(CNCC1COCCO1)c1ccccc1. The van der Waals surface area contributed by atoms with Crippen LogP contribution in [0.4, 0.5) is 0 Å². The van der Waals surface area contributed by atoms with Crippen LogP contribution in [0.15, 0.2) is 35.5 Å². The molecule has 0 aromatic heterocycles. The predicted octanol–water partition coefficient (Wildman–Crippen LogP) is 0.522. The van der Waals surface area contributed by atoms with Crippen molar-refractivity contribution in [1.82, 2.24) is 5.32 Å². The van der Waals surface area contributed by atoms with Gasteiger partial charge in [-0.05, 0) is 5.56 Å². The van der Waals surface area contributed by atoms with Gasteiger partial charge in [0.15, 0.2) is 0 Å². The third-order valence-electron chi connectivity index (χ3n) is 3.28. The normalized spacial score (nSPS) is 21.6. The molecule has 2 unspecified atom stereocenters. The number of amidine groups is 1. The van der Waals surface area contributed by atoms with Crippen LogP contribution < -0.4 is 11.1 Å². The van der Waals surface area contributed by atoms with E-state index in [-0.39, 0.29) is 17.9 Å². The summed E-state index contributed by atoms with van der Waals surface area (Å²) in [5.41, 5.74) is 6.78. The summed E-state index contributed by atoms with van der Waals surface area (Å²) < 4.78 is 10.9. The summed E-state index contributed by atoms with van der Waals surface area (Å²) in [6.45, 7) is 3.16. The lowest BCUT2D eigenvalue weighted by Gasteiger charge is -2.24. The molecule has 20 heavy (non-hydrogen) atoms. The van der Waals surface area contributed by atoms with Crippen molar-refractivity contribution in [1.29, 1.82) is 0 Å². The maximum Gasteiger partial charge on any atom is 0.147 e. The first kappa shape index (κ1) is 14.8. The van der Waals surface area contributed by atoms with E-state index in [0.29, 0.717) is 32.9 Å². The van der Waals surface area contributed by atoms with Crippen molar-refractivity contribution in [2.24, 2.45) is 10.9 Å². The van der Waals surface area contributed by atoms with E-state index in [9.17, 15) is 0 Å². The van der Waals surface area contributed by atoms with Crippen LogP contribution >= 0.6 is 0 Å². The topological polar surface area (TPSA) is 89.1 Å². The Morgan fingerprint density at radius 3 is 2.85 bits per heavy atom. The minimum absolute atomic E-state index is 0.0625. The second kappa shape index (κ2) is 7.84. The molecule has 1 aromatic carbocycles. The summed E-state index contributed by atoms with van der Waals surface area (Å²) in [5.74, 6) is 0.0372. The van der Waals surface area contributed by atoms with Gasteiger partial charge in [-0.1, -0.05) is 35.5 Å². The zero-order valence-corrected chi connectivity index (χ0v) is 11.4. The molecule has 6 nitrogen and oxygen atoms in total. The average Bonchev–Trinajstić information content (AvgIpc) is 2.53. The third kappa shape index (κ3) is 4.19. The van der Waals surface area contributed by atoms with Crippen LogP contribution in [-0.4, -0.2) is 50.1 Å². The molecule has 1 aliphatic heterocycles. The molecule has 0 aliphatic carbocycles. The van der Waals surface area contributed by atoms with Gasteiger partial charge in [-0.2, -0.15) is 0 Å². The molecule has 6 heteroatoms. The Labute approximate surface area is 118 Å². The van der Waals surface area contributed by atoms with Crippen LogP contribution in [0.5, 0.6) is 0 Å². The Morgan fingerprint density at radius 2 is 2.20 bits per heavy atom. The zero-order chi connectivity index (χ0) is 14.2. The average molecular weight is 279 g/mol. The number of oxime groups is 1. The quantitative estimate of drug-likeness (QED) is 0.306. The number of nitrogens with zero attached hydrogens (tertiary/aromatic N) is 1. The van der Waals surface area contributed by atoms with Crippen molar-refractivity contribution in [2.75, 3.05) is 32.9 Å². The van der Waals surface area contributed by atoms with E-state index in [1.54, 1.807) is 0 Å². The van der Waals surface area contributed by atoms with Gasteiger partial charge in [0, 0.05) is 13.1 Å². The van der Waals surface area contributed by atoms with E-state index in [4.69, 9.17) is 20.4 Å². The van der Waals surface area contributed by atoms with Crippen LogP contribution in [0.2, 0.25) is 0 Å². The lowest BCUT2D eigenvalue weighted by Crippen LogP contribution is -2.40. The van der Waals surface area contributed by atoms with Crippen molar-refractivity contribution >= 4 is 5.84 Å². The molecule has 1 saturated heterocycles. The van der Waals surface area contributed by atoms with Crippen molar-refractivity contribution in [3.05, 3.63) is 35.9 Å². The fourth-order valence-corrected chi connectivity index (χ4v) is 2.19. The Balaban J connectivity index is 1.88. The smallest absolute Gasteiger partial charge is 0.147 e. The summed E-state index contributed by atoms with van der Waals surface area (Å²) in [4.78, 5) is 0. The maximum atomic E-state index is 8.91. The lowest BCUT2D eigenvalue weighted by atomic mass is 9.98. The van der Waals surface area contributed by atoms with Crippen molar-refractivity contribution in [3.63, 3.8) is 0 Å². The molecule has 2 rings (SSSR count). The van der Waals surface area contributed by atoms with E-state index in [1.165, 1.54) is 0 Å². The van der Waals surface area contributed by atoms with Gasteiger partial charge >= 0.3 is 0 Å². The van der Waals surface area contributed by atoms with Crippen LogP contribution in [0.25, 0.3) is 0 Å². The van der Waals surface area contributed by atoms with E-state index in [0.717, 1.165) is 5.56 Å². The number of hydrogen-bond donors (Lipinski definition) is 3. The van der Waals surface area contributed by atoms with Crippen LogP contribution in [0.1, 0.15) is 11.5 Å². The monoisotopic (exact) mass is 279 g/mol. The molecule has 1 aromatic rings. The van der Waals surface area contributed by atoms with Gasteiger partial charge in [-0.3, -0.25) is 0 Å². The van der Waals surface area contributed by atoms with Gasteiger partial charge in [-0.25, -0.2) is 0 Å². The minimum atomic E-state index is -0.161. The highest BCUT2D eigenvalue weighted by molar-refractivity contribution is 5.87. The van der Waals surface area contributed by atoms with Gasteiger partial charge in [0.05, 0.1) is 31.8 Å². The summed E-state index contributed by atoms with van der Waals surface area (Å²) in [5, 5.41) is 15.3.